The fraction of sp³-hybridized carbons (Fsp3) is 0.462. The molecule has 6 heteroatoms. The summed E-state index contributed by atoms with van der Waals surface area (Å²) in [5.74, 6) is 1.17. The number of carbonyl (C=O) groups excluding carboxylic acids is 1. The van der Waals surface area contributed by atoms with E-state index in [2.05, 4.69) is 10.6 Å². The van der Waals surface area contributed by atoms with Crippen LogP contribution in [-0.2, 0) is 0 Å². The van der Waals surface area contributed by atoms with Gasteiger partial charge in [-0.1, -0.05) is 6.92 Å². The molecular formula is C13H20N2O4. The van der Waals surface area contributed by atoms with Crippen molar-refractivity contribution in [2.24, 2.45) is 0 Å². The first-order valence-corrected chi connectivity index (χ1v) is 6.04. The zero-order chi connectivity index (χ0) is 14.3. The first-order chi connectivity index (χ1) is 9.12. The van der Waals surface area contributed by atoms with E-state index in [-0.39, 0.29) is 18.7 Å². The Hall–Kier alpha value is -1.95. The lowest BCUT2D eigenvalue weighted by Crippen LogP contribution is -2.39. The Morgan fingerprint density at radius 3 is 2.26 bits per heavy atom. The number of amides is 2. The van der Waals surface area contributed by atoms with Crippen LogP contribution in [0.2, 0.25) is 0 Å². The number of hydrogen-bond donors (Lipinski definition) is 3. The van der Waals surface area contributed by atoms with E-state index in [1.807, 2.05) is 6.92 Å². The monoisotopic (exact) mass is 268 g/mol. The van der Waals surface area contributed by atoms with E-state index in [1.54, 1.807) is 18.2 Å². The average Bonchev–Trinajstić information content (AvgIpc) is 2.44. The number of urea groups is 1. The van der Waals surface area contributed by atoms with Crippen molar-refractivity contribution < 1.29 is 19.4 Å². The summed E-state index contributed by atoms with van der Waals surface area (Å²) in [5.41, 5.74) is 0.557. The van der Waals surface area contributed by atoms with Gasteiger partial charge in [0.1, 0.15) is 11.5 Å². The van der Waals surface area contributed by atoms with Crippen molar-refractivity contribution in [3.8, 4) is 11.5 Å². The maximum absolute atomic E-state index is 11.7. The van der Waals surface area contributed by atoms with Gasteiger partial charge in [0.25, 0.3) is 0 Å². The minimum atomic E-state index is -0.379. The molecule has 1 atom stereocenters. The average molecular weight is 268 g/mol. The molecule has 0 radical (unpaired) electrons. The zero-order valence-corrected chi connectivity index (χ0v) is 11.4. The number of hydrogen-bond acceptors (Lipinski definition) is 4. The van der Waals surface area contributed by atoms with Gasteiger partial charge in [0.15, 0.2) is 0 Å². The molecule has 3 N–H and O–H groups in total. The van der Waals surface area contributed by atoms with Gasteiger partial charge in [-0.25, -0.2) is 4.79 Å². The second-order valence-electron chi connectivity index (χ2n) is 3.99. The fourth-order valence-electron chi connectivity index (χ4n) is 1.51. The Bertz CT molecular complexity index is 397. The number of benzene rings is 1. The van der Waals surface area contributed by atoms with Crippen LogP contribution in [0.25, 0.3) is 0 Å². The molecule has 0 aliphatic heterocycles. The van der Waals surface area contributed by atoms with Gasteiger partial charge in [-0.3, -0.25) is 0 Å². The molecule has 1 unspecified atom stereocenters. The largest absolute Gasteiger partial charge is 0.497 e. The molecule has 0 spiro atoms. The number of anilines is 1. The first kappa shape index (κ1) is 15.1. The Morgan fingerprint density at radius 2 is 1.84 bits per heavy atom. The standard InChI is InChI=1S/C13H20N2O4/c1-4-9(8-16)14-13(17)15-10-5-11(18-2)7-12(6-10)19-3/h5-7,9,16H,4,8H2,1-3H3,(H2,14,15,17). The van der Waals surface area contributed by atoms with Crippen molar-refractivity contribution in [1.82, 2.24) is 5.32 Å². The molecule has 106 valence electrons. The van der Waals surface area contributed by atoms with Crippen LogP contribution in [0, 0.1) is 0 Å². The normalized spacial score (nSPS) is 11.6. The Kier molecular flexibility index (Phi) is 5.95. The quantitative estimate of drug-likeness (QED) is 0.732. The summed E-state index contributed by atoms with van der Waals surface area (Å²) in [5, 5.41) is 14.4. The Labute approximate surface area is 112 Å². The molecule has 0 aliphatic rings. The van der Waals surface area contributed by atoms with Crippen LogP contribution in [0.15, 0.2) is 18.2 Å². The maximum Gasteiger partial charge on any atom is 0.319 e. The summed E-state index contributed by atoms with van der Waals surface area (Å²) >= 11 is 0. The number of aliphatic hydroxyl groups is 1. The van der Waals surface area contributed by atoms with Gasteiger partial charge in [-0.05, 0) is 6.42 Å². The van der Waals surface area contributed by atoms with E-state index in [0.717, 1.165) is 0 Å². The van der Waals surface area contributed by atoms with Crippen LogP contribution in [0.5, 0.6) is 11.5 Å². The van der Waals surface area contributed by atoms with E-state index in [0.29, 0.717) is 23.6 Å². The van der Waals surface area contributed by atoms with E-state index in [1.165, 1.54) is 14.2 Å². The van der Waals surface area contributed by atoms with Crippen LogP contribution in [0.4, 0.5) is 10.5 Å². The molecule has 0 bridgehead atoms. The van der Waals surface area contributed by atoms with Gasteiger partial charge in [-0.15, -0.1) is 0 Å². The molecule has 0 aliphatic carbocycles. The molecule has 6 nitrogen and oxygen atoms in total. The van der Waals surface area contributed by atoms with Gasteiger partial charge < -0.3 is 25.2 Å². The number of rotatable bonds is 6. The van der Waals surface area contributed by atoms with Crippen molar-refractivity contribution in [1.29, 1.82) is 0 Å². The van der Waals surface area contributed by atoms with Crippen molar-refractivity contribution in [2.45, 2.75) is 19.4 Å². The van der Waals surface area contributed by atoms with Crippen LogP contribution in [0.1, 0.15) is 13.3 Å². The van der Waals surface area contributed by atoms with Crippen molar-refractivity contribution in [3.05, 3.63) is 18.2 Å². The summed E-state index contributed by atoms with van der Waals surface area (Å²) in [6.07, 6.45) is 0.658. The van der Waals surface area contributed by atoms with Gasteiger partial charge in [0.05, 0.1) is 26.9 Å². The zero-order valence-electron chi connectivity index (χ0n) is 11.4. The molecule has 1 aromatic rings. The van der Waals surface area contributed by atoms with Crippen LogP contribution < -0.4 is 20.1 Å². The molecule has 1 rings (SSSR count). The van der Waals surface area contributed by atoms with Gasteiger partial charge >= 0.3 is 6.03 Å². The van der Waals surface area contributed by atoms with Gasteiger partial charge in [-0.2, -0.15) is 0 Å². The Balaban J connectivity index is 2.72. The van der Waals surface area contributed by atoms with Crippen LogP contribution >= 0.6 is 0 Å². The first-order valence-electron chi connectivity index (χ1n) is 6.04. The number of aliphatic hydroxyl groups excluding tert-OH is 1. The van der Waals surface area contributed by atoms with Gasteiger partial charge in [0, 0.05) is 23.9 Å². The number of nitrogens with one attached hydrogen (secondary N) is 2. The van der Waals surface area contributed by atoms with E-state index in [9.17, 15) is 4.79 Å². The smallest absolute Gasteiger partial charge is 0.319 e. The van der Waals surface area contributed by atoms with E-state index >= 15 is 0 Å². The topological polar surface area (TPSA) is 79.8 Å². The predicted octanol–water partition coefficient (Wildman–Crippen LogP) is 1.60. The summed E-state index contributed by atoms with van der Waals surface area (Å²) < 4.78 is 10.2. The third-order valence-corrected chi connectivity index (χ3v) is 2.66. The Morgan fingerprint density at radius 1 is 1.26 bits per heavy atom. The lowest BCUT2D eigenvalue weighted by atomic mass is 10.2. The molecule has 0 fully saturated rings. The highest BCUT2D eigenvalue weighted by Gasteiger charge is 2.10. The molecule has 19 heavy (non-hydrogen) atoms. The third-order valence-electron chi connectivity index (χ3n) is 2.66. The molecule has 2 amide bonds. The predicted molar refractivity (Wildman–Crippen MR) is 72.9 cm³/mol. The van der Waals surface area contributed by atoms with Crippen LogP contribution in [-0.4, -0.2) is 38.0 Å². The summed E-state index contributed by atoms with van der Waals surface area (Å²) in [7, 11) is 3.08. The maximum atomic E-state index is 11.7. The summed E-state index contributed by atoms with van der Waals surface area (Å²) in [4.78, 5) is 11.7. The lowest BCUT2D eigenvalue weighted by molar-refractivity contribution is 0.222. The number of ether oxygens (including phenoxy) is 2. The molecule has 0 saturated carbocycles. The van der Waals surface area contributed by atoms with Crippen LogP contribution in [0.3, 0.4) is 0 Å². The lowest BCUT2D eigenvalue weighted by Gasteiger charge is -2.15. The van der Waals surface area contributed by atoms with E-state index in [4.69, 9.17) is 14.6 Å². The highest BCUT2D eigenvalue weighted by molar-refractivity contribution is 5.90. The summed E-state index contributed by atoms with van der Waals surface area (Å²) in [6, 6.07) is 4.44. The fourth-order valence-corrected chi connectivity index (χ4v) is 1.51. The molecular weight excluding hydrogens is 248 g/mol. The number of methoxy groups -OCH3 is 2. The van der Waals surface area contributed by atoms with Crippen molar-refractivity contribution in [2.75, 3.05) is 26.1 Å². The third kappa shape index (κ3) is 4.67. The van der Waals surface area contributed by atoms with E-state index < -0.39 is 0 Å². The molecule has 0 aromatic heterocycles. The summed E-state index contributed by atoms with van der Waals surface area (Å²) in [6.45, 7) is 1.79. The highest BCUT2D eigenvalue weighted by atomic mass is 16.5. The SMILES string of the molecule is CCC(CO)NC(=O)Nc1cc(OC)cc(OC)c1. The highest BCUT2D eigenvalue weighted by Crippen LogP contribution is 2.25. The van der Waals surface area contributed by atoms with Crippen molar-refractivity contribution in [3.63, 3.8) is 0 Å². The molecule has 1 aromatic carbocycles. The van der Waals surface area contributed by atoms with Gasteiger partial charge in [0.2, 0.25) is 0 Å². The van der Waals surface area contributed by atoms with Crippen molar-refractivity contribution >= 4 is 11.7 Å². The second-order valence-corrected chi connectivity index (χ2v) is 3.99. The minimum Gasteiger partial charge on any atom is -0.497 e. The molecule has 0 saturated heterocycles. The molecule has 0 heterocycles. The minimum absolute atomic E-state index is 0.0919. The second kappa shape index (κ2) is 7.48. The number of carbonyl (C=O) groups is 1.